The van der Waals surface area contributed by atoms with E-state index in [1.807, 2.05) is 22.0 Å². The van der Waals surface area contributed by atoms with Gasteiger partial charge in [-0.15, -0.1) is 11.3 Å². The molecule has 1 radical (unpaired) electrons. The summed E-state index contributed by atoms with van der Waals surface area (Å²) in [4.78, 5) is 1.25. The van der Waals surface area contributed by atoms with Crippen molar-refractivity contribution in [3.8, 4) is 0 Å². The Bertz CT molecular complexity index is 230. The first kappa shape index (κ1) is 4.15. The van der Waals surface area contributed by atoms with Gasteiger partial charge in [0.15, 0.2) is 0 Å². The van der Waals surface area contributed by atoms with E-state index in [-0.39, 0.29) is 0 Å². The van der Waals surface area contributed by atoms with Crippen LogP contribution in [0.3, 0.4) is 0 Å². The second-order valence-corrected chi connectivity index (χ2v) is 2.47. The molecule has 0 fully saturated rings. The number of thiazole rings is 1. The van der Waals surface area contributed by atoms with E-state index in [9.17, 15) is 0 Å². The lowest BCUT2D eigenvalue weighted by molar-refractivity contribution is 1.23. The van der Waals surface area contributed by atoms with E-state index in [0.29, 0.717) is 0 Å². The lowest BCUT2D eigenvalue weighted by Crippen LogP contribution is -1.65. The van der Waals surface area contributed by atoms with Crippen molar-refractivity contribution in [3.05, 3.63) is 29.9 Å². The van der Waals surface area contributed by atoms with Crippen LogP contribution < -0.4 is 0 Å². The van der Waals surface area contributed by atoms with E-state index < -0.39 is 0 Å². The zero-order valence-corrected chi connectivity index (χ0v) is 4.98. The molecule has 0 N–H and O–H groups in total. The Kier molecular flexibility index (Phi) is 0.704. The number of aromatic nitrogens is 1. The molecule has 0 atom stereocenters. The van der Waals surface area contributed by atoms with E-state index in [1.165, 1.54) is 4.83 Å². The highest BCUT2D eigenvalue weighted by Gasteiger charge is 1.87. The van der Waals surface area contributed by atoms with Crippen LogP contribution in [0.2, 0.25) is 0 Å². The molecule has 0 bridgehead atoms. The van der Waals surface area contributed by atoms with E-state index in [4.69, 9.17) is 0 Å². The molecule has 0 saturated carbocycles. The fraction of sp³-hybridized carbons (Fsp3) is 0. The quantitative estimate of drug-likeness (QED) is 0.502. The number of nitrogens with zero attached hydrogens (tertiary/aromatic N) is 1. The van der Waals surface area contributed by atoms with Gasteiger partial charge < -0.3 is 4.40 Å². The first-order valence-electron chi connectivity index (χ1n) is 2.39. The highest BCUT2D eigenvalue weighted by atomic mass is 32.1. The molecule has 2 aromatic rings. The summed E-state index contributed by atoms with van der Waals surface area (Å²) >= 11 is 1.70. The third-order valence-electron chi connectivity index (χ3n) is 1.08. The Hall–Kier alpha value is -0.760. The minimum Gasteiger partial charge on any atom is -0.306 e. The summed E-state index contributed by atoms with van der Waals surface area (Å²) in [5.74, 6) is 0. The summed E-state index contributed by atoms with van der Waals surface area (Å²) in [7, 11) is 0. The predicted octanol–water partition coefficient (Wildman–Crippen LogP) is 1.80. The molecule has 39 valence electrons. The highest BCUT2D eigenvalue weighted by Crippen LogP contribution is 2.09. The van der Waals surface area contributed by atoms with E-state index in [2.05, 4.69) is 12.3 Å². The van der Waals surface area contributed by atoms with Crippen LogP contribution in [-0.4, -0.2) is 4.40 Å². The Morgan fingerprint density at radius 3 is 3.50 bits per heavy atom. The predicted molar refractivity (Wildman–Crippen MR) is 34.1 cm³/mol. The SMILES string of the molecule is [c]1csc2cccn12. The van der Waals surface area contributed by atoms with E-state index >= 15 is 0 Å². The third kappa shape index (κ3) is 0.406. The first-order chi connectivity index (χ1) is 3.97. The van der Waals surface area contributed by atoms with Gasteiger partial charge in [-0.3, -0.25) is 0 Å². The van der Waals surface area contributed by atoms with Crippen LogP contribution in [0, 0.1) is 6.20 Å². The molecule has 1 nitrogen and oxygen atoms in total. The van der Waals surface area contributed by atoms with Crippen molar-refractivity contribution in [1.29, 1.82) is 0 Å². The Morgan fingerprint density at radius 2 is 2.62 bits per heavy atom. The zero-order chi connectivity index (χ0) is 5.40. The van der Waals surface area contributed by atoms with Gasteiger partial charge in [-0.25, -0.2) is 0 Å². The lowest BCUT2D eigenvalue weighted by atomic mass is 10.7. The van der Waals surface area contributed by atoms with Crippen LogP contribution in [0.1, 0.15) is 0 Å². The van der Waals surface area contributed by atoms with Crippen molar-refractivity contribution in [2.45, 2.75) is 0 Å². The van der Waals surface area contributed by atoms with Gasteiger partial charge in [0.05, 0.1) is 11.0 Å². The van der Waals surface area contributed by atoms with Crippen LogP contribution in [-0.2, 0) is 0 Å². The van der Waals surface area contributed by atoms with Crippen molar-refractivity contribution in [1.82, 2.24) is 4.40 Å². The number of hydrogen-bond donors (Lipinski definition) is 0. The summed E-state index contributed by atoms with van der Waals surface area (Å²) in [6.45, 7) is 0. The maximum Gasteiger partial charge on any atom is 0.0996 e. The fourth-order valence-electron chi connectivity index (χ4n) is 0.711. The van der Waals surface area contributed by atoms with Crippen molar-refractivity contribution < 1.29 is 0 Å². The van der Waals surface area contributed by atoms with Gasteiger partial charge in [0, 0.05) is 11.6 Å². The van der Waals surface area contributed by atoms with Crippen molar-refractivity contribution in [2.75, 3.05) is 0 Å². The first-order valence-corrected chi connectivity index (χ1v) is 3.27. The molecule has 2 aromatic heterocycles. The molecule has 8 heavy (non-hydrogen) atoms. The molecule has 0 unspecified atom stereocenters. The van der Waals surface area contributed by atoms with Gasteiger partial charge in [0.1, 0.15) is 0 Å². The molecule has 0 aliphatic carbocycles. The summed E-state index contributed by atoms with van der Waals surface area (Å²) in [6, 6.07) is 4.09. The molecule has 2 heterocycles. The van der Waals surface area contributed by atoms with Crippen LogP contribution in [0.4, 0.5) is 0 Å². The third-order valence-corrected chi connectivity index (χ3v) is 1.88. The van der Waals surface area contributed by atoms with Crippen LogP contribution in [0.15, 0.2) is 23.7 Å². The molecule has 0 amide bonds. The summed E-state index contributed by atoms with van der Waals surface area (Å²) in [5, 5.41) is 1.95. The normalized spacial score (nSPS) is 10.5. The molecule has 2 heteroatoms. The fourth-order valence-corrected chi connectivity index (χ4v) is 1.38. The standard InChI is InChI=1S/C6H4NS/c1-2-6-7(3-1)4-5-8-6/h1-3,5H. The molecule has 0 aliphatic heterocycles. The second-order valence-electron chi connectivity index (χ2n) is 1.58. The minimum atomic E-state index is 1.25. The van der Waals surface area contributed by atoms with Crippen LogP contribution in [0.25, 0.3) is 4.83 Å². The van der Waals surface area contributed by atoms with Gasteiger partial charge in [-0.2, -0.15) is 0 Å². The van der Waals surface area contributed by atoms with Gasteiger partial charge in [0.2, 0.25) is 0 Å². The van der Waals surface area contributed by atoms with Gasteiger partial charge in [-0.1, -0.05) is 0 Å². The Morgan fingerprint density at radius 1 is 1.62 bits per heavy atom. The average Bonchev–Trinajstić information content (AvgIpc) is 2.15. The van der Waals surface area contributed by atoms with E-state index in [1.54, 1.807) is 11.3 Å². The zero-order valence-electron chi connectivity index (χ0n) is 4.16. The second kappa shape index (κ2) is 1.36. The monoisotopic (exact) mass is 122 g/mol. The van der Waals surface area contributed by atoms with Gasteiger partial charge in [-0.05, 0) is 12.1 Å². The number of fused-ring (bicyclic) bond motifs is 1. The molecular formula is C6H4NS. The Labute approximate surface area is 51.2 Å². The van der Waals surface area contributed by atoms with Crippen molar-refractivity contribution in [2.24, 2.45) is 0 Å². The maximum atomic E-state index is 3.03. The van der Waals surface area contributed by atoms with E-state index in [0.717, 1.165) is 0 Å². The number of rotatable bonds is 0. The largest absolute Gasteiger partial charge is 0.306 e. The van der Waals surface area contributed by atoms with Gasteiger partial charge in [0.25, 0.3) is 0 Å². The average molecular weight is 122 g/mol. The molecular weight excluding hydrogens is 118 g/mol. The molecule has 0 aliphatic rings. The summed E-state index contributed by atoms with van der Waals surface area (Å²) < 4.78 is 1.98. The Balaban J connectivity index is 3.06. The summed E-state index contributed by atoms with van der Waals surface area (Å²) in [6.07, 6.45) is 5.03. The van der Waals surface area contributed by atoms with Crippen molar-refractivity contribution in [3.63, 3.8) is 0 Å². The molecule has 2 rings (SSSR count). The van der Waals surface area contributed by atoms with Crippen LogP contribution in [0.5, 0.6) is 0 Å². The topological polar surface area (TPSA) is 4.41 Å². The minimum absolute atomic E-state index is 1.25. The van der Waals surface area contributed by atoms with Crippen molar-refractivity contribution >= 4 is 16.2 Å². The lowest BCUT2D eigenvalue weighted by Gasteiger charge is -1.72. The van der Waals surface area contributed by atoms with Gasteiger partial charge >= 0.3 is 0 Å². The summed E-state index contributed by atoms with van der Waals surface area (Å²) in [5.41, 5.74) is 0. The number of hydrogen-bond acceptors (Lipinski definition) is 1. The highest BCUT2D eigenvalue weighted by molar-refractivity contribution is 7.15. The molecule has 0 aromatic carbocycles. The molecule has 0 spiro atoms. The van der Waals surface area contributed by atoms with Crippen LogP contribution >= 0.6 is 11.3 Å². The smallest absolute Gasteiger partial charge is 0.0996 e. The molecule has 0 saturated heterocycles. The maximum absolute atomic E-state index is 3.03.